The highest BCUT2D eigenvalue weighted by atomic mass is 127. The number of carbonyl (C=O) groups is 1. The van der Waals surface area contributed by atoms with Crippen molar-refractivity contribution in [2.45, 2.75) is 4.90 Å². The Morgan fingerprint density at radius 3 is 2.36 bits per heavy atom. The van der Waals surface area contributed by atoms with E-state index in [2.05, 4.69) is 32.0 Å². The van der Waals surface area contributed by atoms with Crippen molar-refractivity contribution >= 4 is 55.9 Å². The van der Waals surface area contributed by atoms with Crippen LogP contribution in [-0.4, -0.2) is 21.5 Å². The molecule has 0 saturated heterocycles. The predicted octanol–water partition coefficient (Wildman–Crippen LogP) is 3.53. The number of esters is 1. The predicted molar refractivity (Wildman–Crippen MR) is 92.8 cm³/mol. The Balaban J connectivity index is 2.33. The maximum absolute atomic E-state index is 12.3. The number of halogens is 2. The summed E-state index contributed by atoms with van der Waals surface area (Å²) in [5, 5.41) is -0.0547. The van der Waals surface area contributed by atoms with Crippen LogP contribution in [0.1, 0.15) is 10.4 Å². The zero-order valence-corrected chi connectivity index (χ0v) is 15.1. The summed E-state index contributed by atoms with van der Waals surface area (Å²) in [5.41, 5.74) is 0.606. The number of nitrogens with one attached hydrogen (secondary N) is 1. The van der Waals surface area contributed by atoms with Gasteiger partial charge in [0.15, 0.2) is 0 Å². The van der Waals surface area contributed by atoms with Crippen LogP contribution in [0.5, 0.6) is 0 Å². The third-order valence-electron chi connectivity index (χ3n) is 2.74. The van der Waals surface area contributed by atoms with Gasteiger partial charge in [-0.1, -0.05) is 11.6 Å². The second kappa shape index (κ2) is 6.84. The number of carbonyl (C=O) groups excluding carboxylic acids is 1. The molecule has 2 aromatic rings. The molecule has 0 amide bonds. The molecule has 0 heterocycles. The molecule has 0 spiro atoms. The third kappa shape index (κ3) is 3.90. The molecule has 0 unspecified atom stereocenters. The average Bonchev–Trinajstić information content (AvgIpc) is 2.48. The molecular weight excluding hydrogens is 441 g/mol. The Morgan fingerprint density at radius 2 is 1.82 bits per heavy atom. The van der Waals surface area contributed by atoms with Crippen molar-refractivity contribution in [2.24, 2.45) is 0 Å². The van der Waals surface area contributed by atoms with E-state index < -0.39 is 16.0 Å². The molecule has 116 valence electrons. The van der Waals surface area contributed by atoms with Crippen LogP contribution in [0, 0.1) is 3.57 Å². The van der Waals surface area contributed by atoms with Crippen LogP contribution in [0.4, 0.5) is 5.69 Å². The maximum Gasteiger partial charge on any atom is 0.337 e. The molecule has 0 saturated carbocycles. The molecular formula is C14H11ClINO4S. The number of rotatable bonds is 4. The zero-order valence-electron chi connectivity index (χ0n) is 11.3. The minimum Gasteiger partial charge on any atom is -0.465 e. The van der Waals surface area contributed by atoms with Gasteiger partial charge < -0.3 is 4.74 Å². The molecule has 0 fully saturated rings. The zero-order chi connectivity index (χ0) is 16.3. The van der Waals surface area contributed by atoms with E-state index in [0.717, 1.165) is 3.57 Å². The minimum atomic E-state index is -3.84. The van der Waals surface area contributed by atoms with Crippen LogP contribution < -0.4 is 4.72 Å². The van der Waals surface area contributed by atoms with E-state index in [1.165, 1.54) is 25.3 Å². The number of hydrogen-bond donors (Lipinski definition) is 1. The third-order valence-corrected chi connectivity index (χ3v) is 5.32. The summed E-state index contributed by atoms with van der Waals surface area (Å²) >= 11 is 8.10. The number of anilines is 1. The Labute approximate surface area is 146 Å². The van der Waals surface area contributed by atoms with Gasteiger partial charge in [0.05, 0.1) is 17.7 Å². The molecule has 2 aromatic carbocycles. The summed E-state index contributed by atoms with van der Waals surface area (Å²) < 4.78 is 32.7. The molecule has 0 aliphatic carbocycles. The highest BCUT2D eigenvalue weighted by molar-refractivity contribution is 14.1. The van der Waals surface area contributed by atoms with E-state index in [4.69, 9.17) is 11.6 Å². The van der Waals surface area contributed by atoms with Crippen LogP contribution >= 0.6 is 34.2 Å². The number of sulfonamides is 1. The van der Waals surface area contributed by atoms with Crippen LogP contribution in [-0.2, 0) is 14.8 Å². The fourth-order valence-electron chi connectivity index (χ4n) is 1.69. The molecule has 0 aliphatic heterocycles. The van der Waals surface area contributed by atoms with Crippen molar-refractivity contribution in [2.75, 3.05) is 11.8 Å². The van der Waals surface area contributed by atoms with E-state index in [9.17, 15) is 13.2 Å². The monoisotopic (exact) mass is 451 g/mol. The van der Waals surface area contributed by atoms with Gasteiger partial charge >= 0.3 is 5.97 Å². The van der Waals surface area contributed by atoms with E-state index in [1.807, 2.05) is 0 Å². The Hall–Kier alpha value is -1.32. The molecule has 0 radical (unpaired) electrons. The van der Waals surface area contributed by atoms with Gasteiger partial charge in [0.1, 0.15) is 4.90 Å². The summed E-state index contributed by atoms with van der Waals surface area (Å²) in [6, 6.07) is 10.7. The molecule has 0 aliphatic rings. The van der Waals surface area contributed by atoms with E-state index in [0.29, 0.717) is 5.69 Å². The molecule has 0 atom stereocenters. The first-order valence-corrected chi connectivity index (χ1v) is 8.94. The highest BCUT2D eigenvalue weighted by Gasteiger charge is 2.19. The van der Waals surface area contributed by atoms with Gasteiger partial charge in [-0.05, 0) is 65.1 Å². The molecule has 0 bridgehead atoms. The lowest BCUT2D eigenvalue weighted by molar-refractivity contribution is 0.0600. The van der Waals surface area contributed by atoms with Gasteiger partial charge in [-0.3, -0.25) is 4.72 Å². The van der Waals surface area contributed by atoms with E-state index in [1.54, 1.807) is 24.3 Å². The first-order chi connectivity index (χ1) is 10.3. The van der Waals surface area contributed by atoms with Gasteiger partial charge in [-0.15, -0.1) is 0 Å². The molecule has 0 aromatic heterocycles. The largest absolute Gasteiger partial charge is 0.465 e. The second-order valence-electron chi connectivity index (χ2n) is 4.25. The lowest BCUT2D eigenvalue weighted by Crippen LogP contribution is -2.14. The lowest BCUT2D eigenvalue weighted by atomic mass is 10.2. The van der Waals surface area contributed by atoms with Crippen LogP contribution in [0.3, 0.4) is 0 Å². The average molecular weight is 452 g/mol. The van der Waals surface area contributed by atoms with Crippen molar-refractivity contribution in [1.82, 2.24) is 0 Å². The van der Waals surface area contributed by atoms with Crippen LogP contribution in [0.2, 0.25) is 5.02 Å². The number of benzene rings is 2. The topological polar surface area (TPSA) is 72.5 Å². The molecule has 2 rings (SSSR count). The van der Waals surface area contributed by atoms with Gasteiger partial charge in [0, 0.05) is 9.26 Å². The fraction of sp³-hybridized carbons (Fsp3) is 0.0714. The molecule has 5 nitrogen and oxygen atoms in total. The van der Waals surface area contributed by atoms with Gasteiger partial charge in [0.25, 0.3) is 10.0 Å². The Kier molecular flexibility index (Phi) is 5.30. The van der Waals surface area contributed by atoms with Gasteiger partial charge in [0.2, 0.25) is 0 Å². The lowest BCUT2D eigenvalue weighted by Gasteiger charge is -2.10. The van der Waals surface area contributed by atoms with Crippen molar-refractivity contribution in [3.8, 4) is 0 Å². The van der Waals surface area contributed by atoms with E-state index >= 15 is 0 Å². The standard InChI is InChI=1S/C14H11ClINO4S/c1-21-14(18)9-2-7-13(12(15)8-9)22(19,20)17-11-5-3-10(16)4-6-11/h2-8,17H,1H3. The second-order valence-corrected chi connectivity index (χ2v) is 7.55. The number of ether oxygens (including phenoxy) is 1. The number of methoxy groups -OCH3 is 1. The number of hydrogen-bond acceptors (Lipinski definition) is 4. The van der Waals surface area contributed by atoms with E-state index in [-0.39, 0.29) is 15.5 Å². The Morgan fingerprint density at radius 1 is 1.18 bits per heavy atom. The molecule has 1 N–H and O–H groups in total. The Bertz CT molecular complexity index is 806. The van der Waals surface area contributed by atoms with Gasteiger partial charge in [-0.2, -0.15) is 0 Å². The maximum atomic E-state index is 12.3. The normalized spacial score (nSPS) is 11.0. The summed E-state index contributed by atoms with van der Waals surface area (Å²) in [5.74, 6) is -0.587. The SMILES string of the molecule is COC(=O)c1ccc(S(=O)(=O)Nc2ccc(I)cc2)c(Cl)c1. The minimum absolute atomic E-state index is 0.0547. The summed E-state index contributed by atoms with van der Waals surface area (Å²) in [7, 11) is -2.61. The van der Waals surface area contributed by atoms with Crippen LogP contribution in [0.15, 0.2) is 47.4 Å². The first kappa shape index (κ1) is 17.0. The summed E-state index contributed by atoms with van der Waals surface area (Å²) in [6.07, 6.45) is 0. The van der Waals surface area contributed by atoms with Crippen molar-refractivity contribution in [1.29, 1.82) is 0 Å². The fourth-order valence-corrected chi connectivity index (χ4v) is 3.66. The van der Waals surface area contributed by atoms with Crippen LogP contribution in [0.25, 0.3) is 0 Å². The first-order valence-electron chi connectivity index (χ1n) is 6.00. The highest BCUT2D eigenvalue weighted by Crippen LogP contribution is 2.25. The van der Waals surface area contributed by atoms with Gasteiger partial charge in [-0.25, -0.2) is 13.2 Å². The summed E-state index contributed by atoms with van der Waals surface area (Å²) in [6.45, 7) is 0. The van der Waals surface area contributed by atoms with Crippen molar-refractivity contribution in [3.63, 3.8) is 0 Å². The van der Waals surface area contributed by atoms with Crippen molar-refractivity contribution in [3.05, 3.63) is 56.6 Å². The molecule has 8 heteroatoms. The smallest absolute Gasteiger partial charge is 0.337 e. The molecule has 22 heavy (non-hydrogen) atoms. The van der Waals surface area contributed by atoms with Crippen molar-refractivity contribution < 1.29 is 17.9 Å². The summed E-state index contributed by atoms with van der Waals surface area (Å²) in [4.78, 5) is 11.3. The quantitative estimate of drug-likeness (QED) is 0.570.